The Labute approximate surface area is 155 Å². The van der Waals surface area contributed by atoms with Crippen LogP contribution in [0.15, 0.2) is 60.7 Å². The first-order valence-electron chi connectivity index (χ1n) is 8.60. The van der Waals surface area contributed by atoms with Gasteiger partial charge in [0.05, 0.1) is 26.7 Å². The van der Waals surface area contributed by atoms with E-state index >= 15 is 0 Å². The number of nitrogens with one attached hydrogen (secondary N) is 1. The number of hydrogen-bond donors (Lipinski definition) is 3. The first-order valence-corrected chi connectivity index (χ1v) is 8.60. The number of rotatable bonds is 10. The van der Waals surface area contributed by atoms with Crippen LogP contribution in [0.2, 0.25) is 0 Å². The molecular formula is C20H31N2O4+. The summed E-state index contributed by atoms with van der Waals surface area (Å²) in [5.74, 6) is 0.748. The Morgan fingerprint density at radius 3 is 2.12 bits per heavy atom. The molecule has 26 heavy (non-hydrogen) atoms. The van der Waals surface area contributed by atoms with Crippen molar-refractivity contribution in [3.8, 4) is 5.75 Å². The van der Waals surface area contributed by atoms with Gasteiger partial charge in [-0.25, -0.2) is 4.59 Å². The second kappa shape index (κ2) is 10.9. The van der Waals surface area contributed by atoms with Gasteiger partial charge in [0.25, 0.3) is 0 Å². The number of nitrogens with zero attached hydrogens (tertiary/aromatic N) is 1. The van der Waals surface area contributed by atoms with Gasteiger partial charge in [-0.15, -0.1) is 0 Å². The number of aliphatic hydroxyl groups is 2. The largest absolute Gasteiger partial charge is 0.491 e. The summed E-state index contributed by atoms with van der Waals surface area (Å²) in [5, 5.41) is 20.4. The Balaban J connectivity index is 0.00000338. The van der Waals surface area contributed by atoms with Crippen molar-refractivity contribution < 1.29 is 25.0 Å². The predicted octanol–water partition coefficient (Wildman–Crippen LogP) is 0.786. The number of benzene rings is 2. The lowest BCUT2D eigenvalue weighted by atomic mass is 10.1. The van der Waals surface area contributed by atoms with Gasteiger partial charge in [0.2, 0.25) is 0 Å². The van der Waals surface area contributed by atoms with Crippen molar-refractivity contribution in [3.63, 3.8) is 0 Å². The molecule has 0 aliphatic heterocycles. The van der Waals surface area contributed by atoms with Gasteiger partial charge in [-0.05, 0) is 24.1 Å². The molecule has 0 spiro atoms. The number of hydrogen-bond acceptors (Lipinski definition) is 4. The molecule has 0 saturated carbocycles. The second-order valence-electron chi connectivity index (χ2n) is 6.85. The Bertz CT molecular complexity index is 608. The standard InChI is InChI=1S/C20H29N2O3.H2O/c1-22(2,15-19(24)16-25-20-11-7-4-8-12-20)21-14-18(23)13-17-9-5-3-6-10-17;/h3-12,18-19,21,23-24H,13-16H2,1-2H3;1H2/q+1;. The molecule has 0 aromatic heterocycles. The van der Waals surface area contributed by atoms with Crippen LogP contribution >= 0.6 is 0 Å². The molecule has 5 N–H and O–H groups in total. The van der Waals surface area contributed by atoms with E-state index in [0.29, 0.717) is 24.1 Å². The first kappa shape index (κ1) is 22.1. The quantitative estimate of drug-likeness (QED) is 0.430. The molecule has 0 bridgehead atoms. The minimum absolute atomic E-state index is 0. The van der Waals surface area contributed by atoms with Gasteiger partial charge >= 0.3 is 0 Å². The number of quaternary nitrogens is 1. The molecule has 2 aromatic rings. The zero-order chi connectivity index (χ0) is 18.1. The van der Waals surface area contributed by atoms with Gasteiger partial charge in [0.1, 0.15) is 25.0 Å². The molecular weight excluding hydrogens is 332 g/mol. The highest BCUT2D eigenvalue weighted by atomic mass is 16.5. The molecule has 0 aliphatic rings. The Kier molecular flexibility index (Phi) is 9.26. The van der Waals surface area contributed by atoms with Crippen LogP contribution < -0.4 is 10.2 Å². The van der Waals surface area contributed by atoms with Crippen LogP contribution in [-0.4, -0.2) is 66.3 Å². The van der Waals surface area contributed by atoms with Crippen molar-refractivity contribution in [1.29, 1.82) is 0 Å². The summed E-state index contributed by atoms with van der Waals surface area (Å²) < 4.78 is 5.98. The van der Waals surface area contributed by atoms with Crippen molar-refractivity contribution in [2.45, 2.75) is 18.6 Å². The summed E-state index contributed by atoms with van der Waals surface area (Å²) in [4.78, 5) is 0. The summed E-state index contributed by atoms with van der Waals surface area (Å²) in [6.45, 7) is 1.17. The molecule has 0 saturated heterocycles. The number of likely N-dealkylation sites (N-methyl/N-ethyl adjacent to an activating group) is 1. The van der Waals surface area contributed by atoms with Gasteiger partial charge in [0, 0.05) is 0 Å². The third-order valence-corrected chi connectivity index (χ3v) is 3.92. The normalized spacial score (nSPS) is 13.5. The highest BCUT2D eigenvalue weighted by Gasteiger charge is 2.22. The molecule has 2 aromatic carbocycles. The lowest BCUT2D eigenvalue weighted by Crippen LogP contribution is -2.57. The second-order valence-corrected chi connectivity index (χ2v) is 6.85. The first-order chi connectivity index (χ1) is 11.9. The number of ether oxygens (including phenoxy) is 1. The van der Waals surface area contributed by atoms with Crippen LogP contribution in [0, 0.1) is 0 Å². The van der Waals surface area contributed by atoms with E-state index < -0.39 is 12.2 Å². The van der Waals surface area contributed by atoms with E-state index in [-0.39, 0.29) is 12.1 Å². The monoisotopic (exact) mass is 363 g/mol. The van der Waals surface area contributed by atoms with Gasteiger partial charge < -0.3 is 20.4 Å². The van der Waals surface area contributed by atoms with Gasteiger partial charge in [-0.3, -0.25) is 0 Å². The number of para-hydroxylation sites is 1. The van der Waals surface area contributed by atoms with E-state index in [4.69, 9.17) is 4.74 Å². The molecule has 0 heterocycles. The summed E-state index contributed by atoms with van der Waals surface area (Å²) >= 11 is 0. The highest BCUT2D eigenvalue weighted by Crippen LogP contribution is 2.09. The zero-order valence-electron chi connectivity index (χ0n) is 15.5. The fraction of sp³-hybridized carbons (Fsp3) is 0.400. The molecule has 0 fully saturated rings. The zero-order valence-corrected chi connectivity index (χ0v) is 15.5. The Hall–Kier alpha value is -1.96. The van der Waals surface area contributed by atoms with Crippen LogP contribution in [0.25, 0.3) is 0 Å². The maximum absolute atomic E-state index is 10.2. The minimum Gasteiger partial charge on any atom is -0.491 e. The number of aliphatic hydroxyl groups excluding tert-OH is 2. The van der Waals surface area contributed by atoms with E-state index in [1.165, 1.54) is 0 Å². The maximum atomic E-state index is 10.2. The van der Waals surface area contributed by atoms with Crippen molar-refractivity contribution >= 4 is 0 Å². The predicted molar refractivity (Wildman–Crippen MR) is 103 cm³/mol. The minimum atomic E-state index is -0.603. The van der Waals surface area contributed by atoms with Crippen molar-refractivity contribution in [2.24, 2.45) is 0 Å². The Morgan fingerprint density at radius 2 is 1.50 bits per heavy atom. The lowest BCUT2D eigenvalue weighted by molar-refractivity contribution is -0.937. The molecule has 0 radical (unpaired) electrons. The van der Waals surface area contributed by atoms with Crippen molar-refractivity contribution in [3.05, 3.63) is 66.2 Å². The van der Waals surface area contributed by atoms with Crippen molar-refractivity contribution in [2.75, 3.05) is 33.8 Å². The molecule has 144 valence electrons. The molecule has 0 amide bonds. The van der Waals surface area contributed by atoms with Gasteiger partial charge in [-0.1, -0.05) is 48.5 Å². The van der Waals surface area contributed by atoms with E-state index in [1.54, 1.807) is 0 Å². The van der Waals surface area contributed by atoms with Crippen molar-refractivity contribution in [1.82, 2.24) is 5.43 Å². The SMILES string of the molecule is C[N+](C)(CC(O)COc1ccccc1)NCC(O)Cc1ccccc1.O. The summed E-state index contributed by atoms with van der Waals surface area (Å²) in [6.07, 6.45) is -0.473. The average Bonchev–Trinajstić information content (AvgIpc) is 2.60. The third kappa shape index (κ3) is 8.42. The van der Waals surface area contributed by atoms with Crippen LogP contribution in [0.4, 0.5) is 0 Å². The van der Waals surface area contributed by atoms with Crippen LogP contribution in [0.5, 0.6) is 5.75 Å². The molecule has 2 atom stereocenters. The van der Waals surface area contributed by atoms with Crippen LogP contribution in [0.3, 0.4) is 0 Å². The van der Waals surface area contributed by atoms with E-state index in [1.807, 2.05) is 74.8 Å². The topological polar surface area (TPSA) is 93.2 Å². The summed E-state index contributed by atoms with van der Waals surface area (Å²) in [5.41, 5.74) is 4.39. The smallest absolute Gasteiger partial charge is 0.138 e. The molecule has 6 heteroatoms. The summed E-state index contributed by atoms with van der Waals surface area (Å²) in [7, 11) is 3.92. The fourth-order valence-electron chi connectivity index (χ4n) is 2.66. The molecule has 2 rings (SSSR count). The highest BCUT2D eigenvalue weighted by molar-refractivity contribution is 5.20. The third-order valence-electron chi connectivity index (χ3n) is 3.92. The molecule has 6 nitrogen and oxygen atoms in total. The van der Waals surface area contributed by atoms with Crippen LogP contribution in [0.1, 0.15) is 5.56 Å². The van der Waals surface area contributed by atoms with E-state index in [2.05, 4.69) is 5.43 Å². The van der Waals surface area contributed by atoms with E-state index in [9.17, 15) is 10.2 Å². The lowest BCUT2D eigenvalue weighted by Gasteiger charge is -2.32. The maximum Gasteiger partial charge on any atom is 0.138 e. The molecule has 2 unspecified atom stereocenters. The van der Waals surface area contributed by atoms with Crippen LogP contribution in [-0.2, 0) is 6.42 Å². The molecule has 0 aliphatic carbocycles. The Morgan fingerprint density at radius 1 is 0.923 bits per heavy atom. The van der Waals surface area contributed by atoms with Gasteiger partial charge in [0.15, 0.2) is 0 Å². The summed E-state index contributed by atoms with van der Waals surface area (Å²) in [6, 6.07) is 19.4. The van der Waals surface area contributed by atoms with Gasteiger partial charge in [-0.2, -0.15) is 5.43 Å². The van der Waals surface area contributed by atoms with E-state index in [0.717, 1.165) is 11.3 Å². The average molecular weight is 363 g/mol. The fourth-order valence-corrected chi connectivity index (χ4v) is 2.66.